The van der Waals surface area contributed by atoms with Crippen LogP contribution < -0.4 is 10.2 Å². The van der Waals surface area contributed by atoms with Crippen LogP contribution in [0.15, 0.2) is 0 Å². The number of anilines is 2. The molecule has 1 aromatic rings. The highest BCUT2D eigenvalue weighted by atomic mass is 16.5. The van der Waals surface area contributed by atoms with Crippen molar-refractivity contribution in [2.75, 3.05) is 37.0 Å². The predicted octanol–water partition coefficient (Wildman–Crippen LogP) is 2.57. The van der Waals surface area contributed by atoms with Gasteiger partial charge < -0.3 is 15.0 Å². The van der Waals surface area contributed by atoms with Crippen LogP contribution in [0.25, 0.3) is 0 Å². The SMILES string of the molecule is CNc1nc(C(C)C)nc(N2CCOCC2(C)C)c1C. The molecule has 0 atom stereocenters. The van der Waals surface area contributed by atoms with E-state index in [1.807, 2.05) is 7.05 Å². The topological polar surface area (TPSA) is 50.3 Å². The van der Waals surface area contributed by atoms with Crippen LogP contribution in [0, 0.1) is 6.92 Å². The molecule has 1 aliphatic heterocycles. The fraction of sp³-hybridized carbons (Fsp3) is 0.733. The summed E-state index contributed by atoms with van der Waals surface area (Å²) in [5.41, 5.74) is 1.06. The lowest BCUT2D eigenvalue weighted by Crippen LogP contribution is -2.54. The highest BCUT2D eigenvalue weighted by molar-refractivity contribution is 5.60. The first-order valence-electron chi connectivity index (χ1n) is 7.28. The van der Waals surface area contributed by atoms with Crippen LogP contribution in [0.4, 0.5) is 11.6 Å². The molecule has 1 fully saturated rings. The molecule has 0 spiro atoms. The summed E-state index contributed by atoms with van der Waals surface area (Å²) in [5.74, 6) is 3.14. The fourth-order valence-corrected chi connectivity index (χ4v) is 2.54. The van der Waals surface area contributed by atoms with E-state index in [1.165, 1.54) is 0 Å². The Kier molecular flexibility index (Phi) is 4.18. The Morgan fingerprint density at radius 3 is 2.55 bits per heavy atom. The Morgan fingerprint density at radius 2 is 2.00 bits per heavy atom. The maximum absolute atomic E-state index is 5.61. The van der Waals surface area contributed by atoms with E-state index < -0.39 is 0 Å². The van der Waals surface area contributed by atoms with Gasteiger partial charge in [0.25, 0.3) is 0 Å². The summed E-state index contributed by atoms with van der Waals surface area (Å²) in [6, 6.07) is 0. The Bertz CT molecular complexity index is 485. The standard InChI is InChI=1S/C15H26N4O/c1-10(2)12-17-13(16-6)11(3)14(18-12)19-7-8-20-9-15(19,4)5/h10H,7-9H2,1-6H3,(H,16,17,18). The molecule has 0 bridgehead atoms. The summed E-state index contributed by atoms with van der Waals surface area (Å²) < 4.78 is 5.61. The Morgan fingerprint density at radius 1 is 1.30 bits per heavy atom. The minimum Gasteiger partial charge on any atom is -0.377 e. The van der Waals surface area contributed by atoms with Gasteiger partial charge in [0, 0.05) is 25.1 Å². The van der Waals surface area contributed by atoms with Crippen LogP contribution in [-0.4, -0.2) is 42.3 Å². The first kappa shape index (κ1) is 15.0. The van der Waals surface area contributed by atoms with Crippen molar-refractivity contribution in [2.45, 2.75) is 46.1 Å². The van der Waals surface area contributed by atoms with E-state index in [0.717, 1.165) is 42.8 Å². The molecule has 1 aliphatic rings. The van der Waals surface area contributed by atoms with Gasteiger partial charge in [-0.15, -0.1) is 0 Å². The van der Waals surface area contributed by atoms with E-state index in [9.17, 15) is 0 Å². The second-order valence-electron chi connectivity index (χ2n) is 6.30. The fourth-order valence-electron chi connectivity index (χ4n) is 2.54. The average Bonchev–Trinajstić information content (AvgIpc) is 2.39. The van der Waals surface area contributed by atoms with E-state index in [4.69, 9.17) is 9.72 Å². The molecule has 0 radical (unpaired) electrons. The quantitative estimate of drug-likeness (QED) is 0.921. The monoisotopic (exact) mass is 278 g/mol. The molecule has 5 heteroatoms. The van der Waals surface area contributed by atoms with Crippen LogP contribution in [0.2, 0.25) is 0 Å². The molecule has 0 aromatic carbocycles. The highest BCUT2D eigenvalue weighted by Crippen LogP contribution is 2.31. The molecule has 112 valence electrons. The molecule has 2 rings (SSSR count). The first-order valence-corrected chi connectivity index (χ1v) is 7.28. The number of nitrogens with zero attached hydrogens (tertiary/aromatic N) is 3. The van der Waals surface area contributed by atoms with Gasteiger partial charge in [0.2, 0.25) is 0 Å². The van der Waals surface area contributed by atoms with Gasteiger partial charge in [-0.05, 0) is 20.8 Å². The normalized spacial score (nSPS) is 18.4. The van der Waals surface area contributed by atoms with Gasteiger partial charge in [-0.2, -0.15) is 0 Å². The van der Waals surface area contributed by atoms with Crippen molar-refractivity contribution in [3.63, 3.8) is 0 Å². The number of rotatable bonds is 3. The minimum absolute atomic E-state index is 0.0450. The van der Waals surface area contributed by atoms with Crippen molar-refractivity contribution < 1.29 is 4.74 Å². The lowest BCUT2D eigenvalue weighted by molar-refractivity contribution is 0.0638. The Hall–Kier alpha value is -1.36. The van der Waals surface area contributed by atoms with Crippen molar-refractivity contribution in [2.24, 2.45) is 0 Å². The maximum atomic E-state index is 5.61. The number of ether oxygens (including phenoxy) is 1. The van der Waals surface area contributed by atoms with E-state index in [1.54, 1.807) is 0 Å². The van der Waals surface area contributed by atoms with Crippen LogP contribution >= 0.6 is 0 Å². The molecule has 20 heavy (non-hydrogen) atoms. The van der Waals surface area contributed by atoms with Crippen LogP contribution in [-0.2, 0) is 4.74 Å². The zero-order chi connectivity index (χ0) is 14.9. The summed E-state index contributed by atoms with van der Waals surface area (Å²) in [6.45, 7) is 13.1. The first-order chi connectivity index (χ1) is 9.36. The van der Waals surface area contributed by atoms with Crippen molar-refractivity contribution in [3.05, 3.63) is 11.4 Å². The molecular weight excluding hydrogens is 252 g/mol. The van der Waals surface area contributed by atoms with Crippen LogP contribution in [0.3, 0.4) is 0 Å². The van der Waals surface area contributed by atoms with E-state index in [-0.39, 0.29) is 5.54 Å². The summed E-state index contributed by atoms with van der Waals surface area (Å²) >= 11 is 0. The maximum Gasteiger partial charge on any atom is 0.137 e. The van der Waals surface area contributed by atoms with Crippen molar-refractivity contribution in [3.8, 4) is 0 Å². The highest BCUT2D eigenvalue weighted by Gasteiger charge is 2.33. The number of nitrogens with one attached hydrogen (secondary N) is 1. The lowest BCUT2D eigenvalue weighted by atomic mass is 10.0. The average molecular weight is 278 g/mol. The zero-order valence-corrected chi connectivity index (χ0v) is 13.4. The molecule has 1 aromatic heterocycles. The zero-order valence-electron chi connectivity index (χ0n) is 13.4. The second kappa shape index (κ2) is 5.56. The predicted molar refractivity (Wildman–Crippen MR) is 82.6 cm³/mol. The molecule has 1 N–H and O–H groups in total. The van der Waals surface area contributed by atoms with E-state index in [2.05, 4.69) is 49.8 Å². The summed E-state index contributed by atoms with van der Waals surface area (Å²) in [5, 5.41) is 3.19. The summed E-state index contributed by atoms with van der Waals surface area (Å²) in [6.07, 6.45) is 0. The van der Waals surface area contributed by atoms with Crippen molar-refractivity contribution >= 4 is 11.6 Å². The third-order valence-electron chi connectivity index (χ3n) is 3.79. The molecule has 0 amide bonds. The summed E-state index contributed by atoms with van der Waals surface area (Å²) in [7, 11) is 1.91. The number of hydrogen-bond donors (Lipinski definition) is 1. The smallest absolute Gasteiger partial charge is 0.137 e. The third-order valence-corrected chi connectivity index (χ3v) is 3.79. The van der Waals surface area contributed by atoms with Gasteiger partial charge in [-0.25, -0.2) is 9.97 Å². The lowest BCUT2D eigenvalue weighted by Gasteiger charge is -2.43. The number of morpholine rings is 1. The van der Waals surface area contributed by atoms with Gasteiger partial charge >= 0.3 is 0 Å². The largest absolute Gasteiger partial charge is 0.377 e. The van der Waals surface area contributed by atoms with Gasteiger partial charge in [0.15, 0.2) is 0 Å². The Balaban J connectivity index is 2.51. The number of aromatic nitrogens is 2. The van der Waals surface area contributed by atoms with Crippen molar-refractivity contribution in [1.82, 2.24) is 9.97 Å². The van der Waals surface area contributed by atoms with Gasteiger partial charge in [-0.1, -0.05) is 13.8 Å². The third kappa shape index (κ3) is 2.73. The molecule has 1 saturated heterocycles. The molecule has 0 unspecified atom stereocenters. The van der Waals surface area contributed by atoms with Crippen LogP contribution in [0.1, 0.15) is 45.0 Å². The van der Waals surface area contributed by atoms with Gasteiger partial charge in [-0.3, -0.25) is 0 Å². The Labute approximate surface area is 121 Å². The molecule has 0 aliphatic carbocycles. The van der Waals surface area contributed by atoms with E-state index >= 15 is 0 Å². The molecular formula is C15H26N4O. The van der Waals surface area contributed by atoms with Gasteiger partial charge in [0.1, 0.15) is 17.5 Å². The second-order valence-corrected chi connectivity index (χ2v) is 6.30. The minimum atomic E-state index is -0.0450. The molecule has 0 saturated carbocycles. The summed E-state index contributed by atoms with van der Waals surface area (Å²) in [4.78, 5) is 11.8. The molecule has 5 nitrogen and oxygen atoms in total. The van der Waals surface area contributed by atoms with E-state index in [0.29, 0.717) is 5.92 Å². The van der Waals surface area contributed by atoms with Gasteiger partial charge in [0.05, 0.1) is 18.8 Å². The number of hydrogen-bond acceptors (Lipinski definition) is 5. The van der Waals surface area contributed by atoms with Crippen LogP contribution in [0.5, 0.6) is 0 Å². The van der Waals surface area contributed by atoms with Crippen molar-refractivity contribution in [1.29, 1.82) is 0 Å². The molecule has 2 heterocycles.